The van der Waals surface area contributed by atoms with E-state index in [1.165, 1.54) is 75.6 Å². The van der Waals surface area contributed by atoms with Crippen molar-refractivity contribution < 1.29 is 9.47 Å². The molecule has 0 aromatic heterocycles. The van der Waals surface area contributed by atoms with Crippen molar-refractivity contribution in [3.8, 4) is 0 Å². The highest BCUT2D eigenvalue weighted by Crippen LogP contribution is 2.30. The van der Waals surface area contributed by atoms with Crippen LogP contribution < -0.4 is 5.32 Å². The first-order valence-electron chi connectivity index (χ1n) is 19.2. The molecular formula is C42H79NO2. The number of nitrogens with one attached hydrogen (secondary N) is 1. The summed E-state index contributed by atoms with van der Waals surface area (Å²) in [5.74, 6) is 9.08. The first-order valence-corrected chi connectivity index (χ1v) is 19.2. The number of hydrogen-bond donors (Lipinski definition) is 1. The second-order valence-corrected chi connectivity index (χ2v) is 16.1. The third-order valence-electron chi connectivity index (χ3n) is 12.0. The van der Waals surface area contributed by atoms with Crippen molar-refractivity contribution >= 4 is 0 Å². The van der Waals surface area contributed by atoms with Gasteiger partial charge in [-0.05, 0) is 104 Å². The summed E-state index contributed by atoms with van der Waals surface area (Å²) in [6.45, 7) is 33.7. The Kier molecular flexibility index (Phi) is 22.7. The molecule has 0 spiro atoms. The molecule has 3 heteroatoms. The molecule has 5 fully saturated rings. The molecule has 2 saturated carbocycles. The normalized spacial score (nSPS) is 35.4. The molecular weight excluding hydrogens is 550 g/mol. The molecule has 10 atom stereocenters. The fourth-order valence-corrected chi connectivity index (χ4v) is 6.19. The van der Waals surface area contributed by atoms with Gasteiger partial charge in [0.25, 0.3) is 0 Å². The molecule has 0 amide bonds. The Balaban J connectivity index is 0.000000270. The summed E-state index contributed by atoms with van der Waals surface area (Å²) in [6, 6.07) is 8.36. The lowest BCUT2D eigenvalue weighted by molar-refractivity contribution is 0.0303. The van der Waals surface area contributed by atoms with E-state index < -0.39 is 0 Å². The predicted molar refractivity (Wildman–Crippen MR) is 199 cm³/mol. The van der Waals surface area contributed by atoms with Crippen LogP contribution in [0.3, 0.4) is 0 Å². The van der Waals surface area contributed by atoms with Gasteiger partial charge in [-0.2, -0.15) is 0 Å². The Hall–Kier alpha value is -0.900. The van der Waals surface area contributed by atoms with Crippen LogP contribution in [0.2, 0.25) is 0 Å². The first kappa shape index (κ1) is 42.1. The molecule has 3 saturated heterocycles. The molecule has 1 aromatic rings. The zero-order valence-corrected chi connectivity index (χ0v) is 32.3. The van der Waals surface area contributed by atoms with Crippen molar-refractivity contribution in [1.82, 2.24) is 5.32 Å². The molecule has 1 aromatic carbocycles. The summed E-state index contributed by atoms with van der Waals surface area (Å²) >= 11 is 0. The molecule has 6 rings (SSSR count). The topological polar surface area (TPSA) is 30.5 Å². The second-order valence-electron chi connectivity index (χ2n) is 16.1. The van der Waals surface area contributed by atoms with Gasteiger partial charge in [-0.3, -0.25) is 0 Å². The largest absolute Gasteiger partial charge is 0.381 e. The van der Waals surface area contributed by atoms with Crippen molar-refractivity contribution in [2.45, 2.75) is 134 Å². The van der Waals surface area contributed by atoms with Gasteiger partial charge in [0.2, 0.25) is 0 Å². The third-order valence-corrected chi connectivity index (χ3v) is 12.0. The molecule has 1 N–H and O–H groups in total. The maximum Gasteiger partial charge on any atom is 0.0495 e. The van der Waals surface area contributed by atoms with Gasteiger partial charge >= 0.3 is 0 Å². The van der Waals surface area contributed by atoms with E-state index in [-0.39, 0.29) is 0 Å². The molecule has 3 aliphatic heterocycles. The third kappa shape index (κ3) is 18.9. The molecule has 0 radical (unpaired) electrons. The van der Waals surface area contributed by atoms with E-state index in [9.17, 15) is 0 Å². The van der Waals surface area contributed by atoms with Crippen molar-refractivity contribution in [3.63, 3.8) is 0 Å². The summed E-state index contributed by atoms with van der Waals surface area (Å²) in [6.07, 6.45) is 11.6. The minimum Gasteiger partial charge on any atom is -0.381 e. The summed E-state index contributed by atoms with van der Waals surface area (Å²) < 4.78 is 10.4. The number of benzene rings is 1. The fraction of sp³-hybridized carbons (Fsp3) is 0.857. The Morgan fingerprint density at radius 2 is 0.800 bits per heavy atom. The van der Waals surface area contributed by atoms with Gasteiger partial charge in [0.1, 0.15) is 0 Å². The van der Waals surface area contributed by atoms with Gasteiger partial charge in [0.15, 0.2) is 0 Å². The number of rotatable bonds is 0. The summed E-state index contributed by atoms with van der Waals surface area (Å²) in [5.41, 5.74) is 2.74. The maximum atomic E-state index is 5.25. The Labute approximate surface area is 282 Å². The van der Waals surface area contributed by atoms with Crippen LogP contribution in [0, 0.1) is 73.0 Å². The number of hydrogen-bond acceptors (Lipinski definition) is 3. The summed E-state index contributed by atoms with van der Waals surface area (Å²) in [5, 5.41) is 3.32. The minimum atomic E-state index is 0.781. The van der Waals surface area contributed by atoms with E-state index in [0.29, 0.717) is 0 Å². The van der Waals surface area contributed by atoms with Crippen LogP contribution in [-0.2, 0) is 9.47 Å². The molecule has 3 heterocycles. The average molecular weight is 630 g/mol. The van der Waals surface area contributed by atoms with Gasteiger partial charge in [-0.1, -0.05) is 138 Å². The zero-order valence-electron chi connectivity index (χ0n) is 32.3. The van der Waals surface area contributed by atoms with E-state index in [0.717, 1.165) is 85.6 Å². The molecule has 0 bridgehead atoms. The smallest absolute Gasteiger partial charge is 0.0495 e. The zero-order chi connectivity index (χ0) is 33.8. The lowest BCUT2D eigenvalue weighted by Gasteiger charge is -2.24. The Bertz CT molecular complexity index is 714. The molecule has 0 unspecified atom stereocenters. The van der Waals surface area contributed by atoms with Crippen LogP contribution in [0.25, 0.3) is 0 Å². The van der Waals surface area contributed by atoms with Crippen molar-refractivity contribution in [2.24, 2.45) is 59.2 Å². The Morgan fingerprint density at radius 1 is 0.444 bits per heavy atom. The number of ether oxygens (including phenoxy) is 2. The van der Waals surface area contributed by atoms with E-state index >= 15 is 0 Å². The van der Waals surface area contributed by atoms with E-state index in [1.54, 1.807) is 0 Å². The number of aryl methyl sites for hydroxylation is 2. The van der Waals surface area contributed by atoms with E-state index in [1.807, 2.05) is 0 Å². The van der Waals surface area contributed by atoms with Crippen LogP contribution in [0.5, 0.6) is 0 Å². The average Bonchev–Trinajstić information content (AvgIpc) is 3.71. The van der Waals surface area contributed by atoms with Crippen LogP contribution in [0.15, 0.2) is 24.3 Å². The lowest BCUT2D eigenvalue weighted by atomic mass is 9.82. The quantitative estimate of drug-likeness (QED) is 0.310. The standard InChI is InChI=1S/C8H16.C8H10.C7H14O.C7H14.C6H13N.C6H12O/c2*1-7-5-3-4-6-8(7)2;1-6-3-4-8-5-7(6)2;1-6-4-3-5-7(6)2;2*1-5-3-7-4-6(5)2/h7-8H,3-6H2,1-2H3;3-6H,1-2H3;6-7H,3-5H2,1-2H3;6-7H,3-5H2,1-2H3;5-7H,3-4H2,1-2H3;5-6H,3-4H2,1-2H3/t7-,8+;;2*6-,7+;2*5-,6+/m..1.../s1. The second kappa shape index (κ2) is 24.3. The van der Waals surface area contributed by atoms with Gasteiger partial charge in [0.05, 0.1) is 0 Å². The minimum absolute atomic E-state index is 0.781. The predicted octanol–water partition coefficient (Wildman–Crippen LogP) is 11.4. The lowest BCUT2D eigenvalue weighted by Crippen LogP contribution is -2.22. The monoisotopic (exact) mass is 630 g/mol. The Morgan fingerprint density at radius 3 is 1.02 bits per heavy atom. The highest BCUT2D eigenvalue weighted by atomic mass is 16.5. The molecule has 5 aliphatic rings. The summed E-state index contributed by atoms with van der Waals surface area (Å²) in [4.78, 5) is 0. The van der Waals surface area contributed by atoms with Crippen molar-refractivity contribution in [3.05, 3.63) is 35.4 Å². The van der Waals surface area contributed by atoms with Crippen molar-refractivity contribution in [1.29, 1.82) is 0 Å². The van der Waals surface area contributed by atoms with Crippen LogP contribution in [0.1, 0.15) is 132 Å². The SMILES string of the molecule is C[C@@H]1CCCC[C@@H]1C.C[C@@H]1CCC[C@@H]1C.C[C@@H]1CCOC[C@@H]1C.C[C@@H]1CNC[C@@H]1C.C[C@@H]1COC[C@@H]1C.Cc1ccccc1C. The van der Waals surface area contributed by atoms with E-state index in [2.05, 4.69) is 113 Å². The van der Waals surface area contributed by atoms with Gasteiger partial charge in [-0.15, -0.1) is 0 Å². The summed E-state index contributed by atoms with van der Waals surface area (Å²) in [7, 11) is 0. The van der Waals surface area contributed by atoms with Crippen LogP contribution in [0.4, 0.5) is 0 Å². The van der Waals surface area contributed by atoms with Gasteiger partial charge in [0, 0.05) is 26.4 Å². The first-order chi connectivity index (χ1) is 21.3. The van der Waals surface area contributed by atoms with Crippen LogP contribution >= 0.6 is 0 Å². The molecule has 3 nitrogen and oxygen atoms in total. The van der Waals surface area contributed by atoms with Gasteiger partial charge in [-0.25, -0.2) is 0 Å². The molecule has 45 heavy (non-hydrogen) atoms. The van der Waals surface area contributed by atoms with Crippen LogP contribution in [-0.4, -0.2) is 39.5 Å². The fourth-order valence-electron chi connectivity index (χ4n) is 6.19. The highest BCUT2D eigenvalue weighted by molar-refractivity contribution is 5.23. The maximum absolute atomic E-state index is 5.25. The van der Waals surface area contributed by atoms with Gasteiger partial charge < -0.3 is 14.8 Å². The van der Waals surface area contributed by atoms with E-state index in [4.69, 9.17) is 9.47 Å². The molecule has 264 valence electrons. The molecule has 2 aliphatic carbocycles. The highest BCUT2D eigenvalue weighted by Gasteiger charge is 2.19. The van der Waals surface area contributed by atoms with Crippen molar-refractivity contribution in [2.75, 3.05) is 39.5 Å².